The van der Waals surface area contributed by atoms with Gasteiger partial charge >= 0.3 is 6.03 Å². The lowest BCUT2D eigenvalue weighted by atomic mass is 9.94. The van der Waals surface area contributed by atoms with Crippen molar-refractivity contribution in [2.24, 2.45) is 11.8 Å². The second-order valence-corrected chi connectivity index (χ2v) is 7.08. The monoisotopic (exact) mass is 329 g/mol. The minimum Gasteiger partial charge on any atom is -0.343 e. The van der Waals surface area contributed by atoms with Crippen LogP contribution in [0.1, 0.15) is 32.6 Å². The number of amides is 3. The Hall–Kier alpha value is -2.04. The van der Waals surface area contributed by atoms with E-state index in [-0.39, 0.29) is 17.9 Å². The van der Waals surface area contributed by atoms with Crippen LogP contribution in [-0.4, -0.2) is 47.9 Å². The number of para-hydroxylation sites is 1. The molecule has 3 rings (SSSR count). The smallest absolute Gasteiger partial charge is 0.321 e. The van der Waals surface area contributed by atoms with E-state index in [1.165, 1.54) is 12.8 Å². The zero-order chi connectivity index (χ0) is 17.1. The molecule has 2 fully saturated rings. The van der Waals surface area contributed by atoms with Crippen LogP contribution >= 0.6 is 0 Å². The Labute approximate surface area is 144 Å². The largest absolute Gasteiger partial charge is 0.343 e. The van der Waals surface area contributed by atoms with Crippen LogP contribution < -0.4 is 5.32 Å². The standard InChI is InChI=1S/C19H27N3O2/c1-14(15-8-9-15)21(2)18(23)16-10-12-22(13-11-16)19(24)20-17-6-4-3-5-7-17/h3-7,14-16H,8-13H2,1-2H3,(H,20,24). The number of carbonyl (C=O) groups excluding carboxylic acids is 2. The molecule has 3 amide bonds. The van der Waals surface area contributed by atoms with E-state index < -0.39 is 0 Å². The number of hydrogen-bond donors (Lipinski definition) is 1. The topological polar surface area (TPSA) is 52.7 Å². The lowest BCUT2D eigenvalue weighted by Crippen LogP contribution is -2.46. The summed E-state index contributed by atoms with van der Waals surface area (Å²) in [4.78, 5) is 28.7. The van der Waals surface area contributed by atoms with Crippen molar-refractivity contribution in [3.8, 4) is 0 Å². The fourth-order valence-electron chi connectivity index (χ4n) is 3.44. The van der Waals surface area contributed by atoms with Gasteiger partial charge in [0.1, 0.15) is 0 Å². The van der Waals surface area contributed by atoms with Gasteiger partial charge in [0.15, 0.2) is 0 Å². The van der Waals surface area contributed by atoms with Gasteiger partial charge in [-0.3, -0.25) is 4.79 Å². The maximum atomic E-state index is 12.6. The molecule has 2 aliphatic rings. The number of urea groups is 1. The molecule has 24 heavy (non-hydrogen) atoms. The number of benzene rings is 1. The molecule has 0 aromatic heterocycles. The number of rotatable bonds is 4. The van der Waals surface area contributed by atoms with E-state index in [2.05, 4.69) is 12.2 Å². The van der Waals surface area contributed by atoms with Crippen molar-refractivity contribution in [3.63, 3.8) is 0 Å². The first kappa shape index (κ1) is 16.8. The zero-order valence-electron chi connectivity index (χ0n) is 14.6. The predicted octanol–water partition coefficient (Wildman–Crippen LogP) is 3.19. The van der Waals surface area contributed by atoms with Gasteiger partial charge in [-0.05, 0) is 50.7 Å². The fraction of sp³-hybridized carbons (Fsp3) is 0.579. The number of nitrogens with one attached hydrogen (secondary N) is 1. The number of piperidine rings is 1. The Morgan fingerprint density at radius 2 is 1.75 bits per heavy atom. The molecule has 1 aromatic rings. The second kappa shape index (κ2) is 7.24. The highest BCUT2D eigenvalue weighted by molar-refractivity contribution is 5.89. The average Bonchev–Trinajstić information content (AvgIpc) is 3.46. The van der Waals surface area contributed by atoms with Crippen LogP contribution in [0.25, 0.3) is 0 Å². The van der Waals surface area contributed by atoms with Gasteiger partial charge in [0.25, 0.3) is 0 Å². The summed E-state index contributed by atoms with van der Waals surface area (Å²) in [5.41, 5.74) is 0.804. The van der Waals surface area contributed by atoms with E-state index in [4.69, 9.17) is 0 Å². The molecule has 130 valence electrons. The summed E-state index contributed by atoms with van der Waals surface area (Å²) in [6.45, 7) is 3.43. The Kier molecular flexibility index (Phi) is 5.07. The molecule has 1 saturated heterocycles. The molecule has 5 nitrogen and oxygen atoms in total. The molecule has 1 atom stereocenters. The van der Waals surface area contributed by atoms with Crippen LogP contribution in [0.2, 0.25) is 0 Å². The Morgan fingerprint density at radius 1 is 1.12 bits per heavy atom. The van der Waals surface area contributed by atoms with Gasteiger partial charge in [-0.2, -0.15) is 0 Å². The number of anilines is 1. The van der Waals surface area contributed by atoms with Gasteiger partial charge in [0.2, 0.25) is 5.91 Å². The van der Waals surface area contributed by atoms with Gasteiger partial charge in [-0.1, -0.05) is 18.2 Å². The summed E-state index contributed by atoms with van der Waals surface area (Å²) < 4.78 is 0. The molecule has 5 heteroatoms. The first-order valence-electron chi connectivity index (χ1n) is 8.94. The normalized spacial score (nSPS) is 19.7. The van der Waals surface area contributed by atoms with Crippen LogP contribution in [0, 0.1) is 11.8 Å². The Bertz CT molecular complexity index is 578. The highest BCUT2D eigenvalue weighted by atomic mass is 16.2. The van der Waals surface area contributed by atoms with Gasteiger partial charge in [-0.15, -0.1) is 0 Å². The number of carbonyl (C=O) groups is 2. The van der Waals surface area contributed by atoms with Crippen molar-refractivity contribution in [2.75, 3.05) is 25.5 Å². The van der Waals surface area contributed by atoms with E-state index in [1.54, 1.807) is 4.90 Å². The fourth-order valence-corrected chi connectivity index (χ4v) is 3.44. The summed E-state index contributed by atoms with van der Waals surface area (Å²) >= 11 is 0. The van der Waals surface area contributed by atoms with Crippen molar-refractivity contribution in [2.45, 2.75) is 38.6 Å². The zero-order valence-corrected chi connectivity index (χ0v) is 14.6. The number of nitrogens with zero attached hydrogens (tertiary/aromatic N) is 2. The molecule has 0 bridgehead atoms. The number of hydrogen-bond acceptors (Lipinski definition) is 2. The van der Waals surface area contributed by atoms with E-state index in [9.17, 15) is 9.59 Å². The Morgan fingerprint density at radius 3 is 2.33 bits per heavy atom. The van der Waals surface area contributed by atoms with Crippen molar-refractivity contribution < 1.29 is 9.59 Å². The van der Waals surface area contributed by atoms with Gasteiger partial charge < -0.3 is 15.1 Å². The average molecular weight is 329 g/mol. The molecule has 1 unspecified atom stereocenters. The molecular formula is C19H27N3O2. The SMILES string of the molecule is CC(C1CC1)N(C)C(=O)C1CCN(C(=O)Nc2ccccc2)CC1. The molecule has 1 aliphatic heterocycles. The lowest BCUT2D eigenvalue weighted by Gasteiger charge is -2.35. The molecular weight excluding hydrogens is 302 g/mol. The minimum atomic E-state index is -0.0770. The van der Waals surface area contributed by atoms with E-state index in [1.807, 2.05) is 42.3 Å². The summed E-state index contributed by atoms with van der Waals surface area (Å²) in [7, 11) is 1.93. The summed E-state index contributed by atoms with van der Waals surface area (Å²) in [5.74, 6) is 0.991. The van der Waals surface area contributed by atoms with E-state index in [0.29, 0.717) is 25.0 Å². The van der Waals surface area contributed by atoms with Gasteiger partial charge in [-0.25, -0.2) is 4.79 Å². The van der Waals surface area contributed by atoms with Gasteiger partial charge in [0, 0.05) is 37.8 Å². The molecule has 1 aromatic carbocycles. The maximum absolute atomic E-state index is 12.6. The third kappa shape index (κ3) is 3.89. The van der Waals surface area contributed by atoms with Crippen molar-refractivity contribution in [1.29, 1.82) is 0 Å². The lowest BCUT2D eigenvalue weighted by molar-refractivity contribution is -0.137. The predicted molar refractivity (Wildman–Crippen MR) is 94.7 cm³/mol. The molecule has 0 spiro atoms. The highest BCUT2D eigenvalue weighted by Crippen LogP contribution is 2.35. The van der Waals surface area contributed by atoms with Crippen LogP contribution in [0.5, 0.6) is 0 Å². The van der Waals surface area contributed by atoms with Crippen molar-refractivity contribution in [1.82, 2.24) is 9.80 Å². The van der Waals surface area contributed by atoms with Crippen molar-refractivity contribution in [3.05, 3.63) is 30.3 Å². The quantitative estimate of drug-likeness (QED) is 0.922. The summed E-state index contributed by atoms with van der Waals surface area (Å²) in [6.07, 6.45) is 4.00. The first-order valence-corrected chi connectivity index (χ1v) is 8.94. The molecule has 1 aliphatic carbocycles. The maximum Gasteiger partial charge on any atom is 0.321 e. The third-order valence-electron chi connectivity index (χ3n) is 5.42. The highest BCUT2D eigenvalue weighted by Gasteiger charge is 2.36. The molecule has 0 radical (unpaired) electrons. The molecule has 1 saturated carbocycles. The summed E-state index contributed by atoms with van der Waals surface area (Å²) in [5, 5.41) is 2.91. The number of likely N-dealkylation sites (tertiary alicyclic amines) is 1. The van der Waals surface area contributed by atoms with Crippen LogP contribution in [0.4, 0.5) is 10.5 Å². The first-order chi connectivity index (χ1) is 11.6. The van der Waals surface area contributed by atoms with Crippen LogP contribution in [0.3, 0.4) is 0 Å². The molecule has 1 N–H and O–H groups in total. The van der Waals surface area contributed by atoms with E-state index in [0.717, 1.165) is 18.5 Å². The van der Waals surface area contributed by atoms with Crippen LogP contribution in [0.15, 0.2) is 30.3 Å². The minimum absolute atomic E-state index is 0.0528. The molecule has 1 heterocycles. The second-order valence-electron chi connectivity index (χ2n) is 7.08. The summed E-state index contributed by atoms with van der Waals surface area (Å²) in [6, 6.07) is 9.74. The van der Waals surface area contributed by atoms with Gasteiger partial charge in [0.05, 0.1) is 0 Å². The Balaban J connectivity index is 1.48. The van der Waals surface area contributed by atoms with Crippen LogP contribution in [-0.2, 0) is 4.79 Å². The van der Waals surface area contributed by atoms with Crippen molar-refractivity contribution >= 4 is 17.6 Å². The third-order valence-corrected chi connectivity index (χ3v) is 5.42. The van der Waals surface area contributed by atoms with E-state index >= 15 is 0 Å².